The first-order valence-corrected chi connectivity index (χ1v) is 5.76. The molecule has 0 unspecified atom stereocenters. The molecule has 0 bridgehead atoms. The summed E-state index contributed by atoms with van der Waals surface area (Å²) in [5, 5.41) is 0. The molecule has 1 aliphatic heterocycles. The minimum Gasteiger partial charge on any atom is -0.378 e. The molecule has 2 rings (SSSR count). The molecule has 0 spiro atoms. The van der Waals surface area contributed by atoms with Gasteiger partial charge in [-0.25, -0.2) is 0 Å². The largest absolute Gasteiger partial charge is 0.378 e. The third-order valence-corrected chi connectivity index (χ3v) is 2.94. The van der Waals surface area contributed by atoms with Crippen LogP contribution < -0.4 is 0 Å². The molecule has 0 amide bonds. The van der Waals surface area contributed by atoms with Gasteiger partial charge in [0.05, 0.1) is 32.5 Å². The van der Waals surface area contributed by atoms with Crippen molar-refractivity contribution >= 4 is 0 Å². The molecule has 0 aromatic heterocycles. The molecule has 0 saturated carbocycles. The lowest BCUT2D eigenvalue weighted by atomic mass is 10.2. The molecule has 0 radical (unpaired) electrons. The van der Waals surface area contributed by atoms with Crippen LogP contribution in [0.25, 0.3) is 0 Å². The first-order valence-electron chi connectivity index (χ1n) is 5.76. The average molecular weight is 221 g/mol. The molecule has 1 heterocycles. The van der Waals surface area contributed by atoms with Crippen molar-refractivity contribution in [2.45, 2.75) is 12.6 Å². The normalized spacial score (nSPS) is 22.2. The molecule has 0 N–H and O–H groups in total. The Labute approximate surface area is 97.0 Å². The zero-order valence-electron chi connectivity index (χ0n) is 9.76. The topological polar surface area (TPSA) is 21.7 Å². The lowest BCUT2D eigenvalue weighted by Crippen LogP contribution is -2.45. The molecule has 0 aliphatic carbocycles. The van der Waals surface area contributed by atoms with Gasteiger partial charge in [0, 0.05) is 6.54 Å². The van der Waals surface area contributed by atoms with Gasteiger partial charge in [0.2, 0.25) is 0 Å². The molecule has 1 aromatic carbocycles. The minimum absolute atomic E-state index is 0.400. The standard InChI is InChI=1S/C13H19NO2/c1-14-7-8-15-10-13(14)11-16-9-12-5-3-2-4-6-12/h2-6,13H,7-11H2,1H3/t13-/m1/s1. The van der Waals surface area contributed by atoms with Crippen LogP contribution in [0.5, 0.6) is 0 Å². The summed E-state index contributed by atoms with van der Waals surface area (Å²) in [6.45, 7) is 4.05. The van der Waals surface area contributed by atoms with Crippen molar-refractivity contribution in [1.29, 1.82) is 0 Å². The third kappa shape index (κ3) is 3.30. The summed E-state index contributed by atoms with van der Waals surface area (Å²) in [6.07, 6.45) is 0. The van der Waals surface area contributed by atoms with E-state index in [1.54, 1.807) is 0 Å². The average Bonchev–Trinajstić information content (AvgIpc) is 2.33. The number of nitrogens with zero attached hydrogens (tertiary/aromatic N) is 1. The molecule has 1 atom stereocenters. The number of morpholine rings is 1. The predicted molar refractivity (Wildman–Crippen MR) is 63.3 cm³/mol. The van der Waals surface area contributed by atoms with Gasteiger partial charge in [-0.3, -0.25) is 4.90 Å². The van der Waals surface area contributed by atoms with Gasteiger partial charge in [-0.2, -0.15) is 0 Å². The highest BCUT2D eigenvalue weighted by Gasteiger charge is 2.19. The molecule has 1 saturated heterocycles. The van der Waals surface area contributed by atoms with Crippen LogP contribution in [0.1, 0.15) is 5.56 Å². The van der Waals surface area contributed by atoms with E-state index in [1.807, 2.05) is 18.2 Å². The third-order valence-electron chi connectivity index (χ3n) is 2.94. The van der Waals surface area contributed by atoms with Crippen LogP contribution in [0.15, 0.2) is 30.3 Å². The Kier molecular flexibility index (Phi) is 4.34. The monoisotopic (exact) mass is 221 g/mol. The number of hydrogen-bond donors (Lipinski definition) is 0. The van der Waals surface area contributed by atoms with E-state index in [9.17, 15) is 0 Å². The van der Waals surface area contributed by atoms with Crippen molar-refractivity contribution in [2.24, 2.45) is 0 Å². The Morgan fingerprint density at radius 3 is 2.94 bits per heavy atom. The molecule has 1 aliphatic rings. The highest BCUT2D eigenvalue weighted by atomic mass is 16.5. The first-order chi connectivity index (χ1) is 7.86. The molecular formula is C13H19NO2. The van der Waals surface area contributed by atoms with Gasteiger partial charge in [-0.15, -0.1) is 0 Å². The Morgan fingerprint density at radius 2 is 2.19 bits per heavy atom. The van der Waals surface area contributed by atoms with Crippen LogP contribution in [-0.4, -0.2) is 44.4 Å². The van der Waals surface area contributed by atoms with E-state index in [2.05, 4.69) is 24.1 Å². The maximum atomic E-state index is 5.71. The Hall–Kier alpha value is -0.900. The van der Waals surface area contributed by atoms with Gasteiger partial charge < -0.3 is 9.47 Å². The van der Waals surface area contributed by atoms with Gasteiger partial charge in [-0.1, -0.05) is 30.3 Å². The summed E-state index contributed by atoms with van der Waals surface area (Å²) >= 11 is 0. The number of ether oxygens (including phenoxy) is 2. The molecule has 3 nitrogen and oxygen atoms in total. The van der Waals surface area contributed by atoms with Gasteiger partial charge in [0.15, 0.2) is 0 Å². The van der Waals surface area contributed by atoms with E-state index in [0.717, 1.165) is 26.4 Å². The predicted octanol–water partition coefficient (Wildman–Crippen LogP) is 1.53. The van der Waals surface area contributed by atoms with E-state index < -0.39 is 0 Å². The zero-order valence-corrected chi connectivity index (χ0v) is 9.76. The van der Waals surface area contributed by atoms with Gasteiger partial charge in [0.1, 0.15) is 0 Å². The highest BCUT2D eigenvalue weighted by molar-refractivity contribution is 5.13. The summed E-state index contributed by atoms with van der Waals surface area (Å²) in [5.41, 5.74) is 1.22. The molecule has 88 valence electrons. The van der Waals surface area contributed by atoms with Crippen LogP contribution in [0, 0.1) is 0 Å². The Balaban J connectivity index is 1.71. The lowest BCUT2D eigenvalue weighted by molar-refractivity contribution is -0.0352. The quantitative estimate of drug-likeness (QED) is 0.769. The Bertz CT molecular complexity index is 302. The number of benzene rings is 1. The fourth-order valence-electron chi connectivity index (χ4n) is 1.80. The zero-order chi connectivity index (χ0) is 11.2. The van der Waals surface area contributed by atoms with Crippen LogP contribution >= 0.6 is 0 Å². The van der Waals surface area contributed by atoms with Gasteiger partial charge >= 0.3 is 0 Å². The van der Waals surface area contributed by atoms with Crippen molar-refractivity contribution in [1.82, 2.24) is 4.90 Å². The number of hydrogen-bond acceptors (Lipinski definition) is 3. The van der Waals surface area contributed by atoms with E-state index in [0.29, 0.717) is 12.6 Å². The van der Waals surface area contributed by atoms with Crippen molar-refractivity contribution in [2.75, 3.05) is 33.4 Å². The van der Waals surface area contributed by atoms with Crippen LogP contribution in [-0.2, 0) is 16.1 Å². The van der Waals surface area contributed by atoms with Crippen molar-refractivity contribution in [3.8, 4) is 0 Å². The minimum atomic E-state index is 0.400. The molecule has 1 fully saturated rings. The summed E-state index contributed by atoms with van der Waals surface area (Å²) in [7, 11) is 2.12. The first kappa shape index (κ1) is 11.6. The SMILES string of the molecule is CN1CCOC[C@@H]1COCc1ccccc1. The molecule has 16 heavy (non-hydrogen) atoms. The summed E-state index contributed by atoms with van der Waals surface area (Å²) in [6, 6.07) is 10.7. The Morgan fingerprint density at radius 1 is 1.38 bits per heavy atom. The second-order valence-corrected chi connectivity index (χ2v) is 4.21. The maximum Gasteiger partial charge on any atom is 0.0717 e. The lowest BCUT2D eigenvalue weighted by Gasteiger charge is -2.32. The fraction of sp³-hybridized carbons (Fsp3) is 0.538. The van der Waals surface area contributed by atoms with Crippen LogP contribution in [0.4, 0.5) is 0 Å². The van der Waals surface area contributed by atoms with E-state index >= 15 is 0 Å². The van der Waals surface area contributed by atoms with Gasteiger partial charge in [-0.05, 0) is 12.6 Å². The molecule has 1 aromatic rings. The number of rotatable bonds is 4. The van der Waals surface area contributed by atoms with E-state index in [1.165, 1.54) is 5.56 Å². The van der Waals surface area contributed by atoms with Crippen LogP contribution in [0.2, 0.25) is 0 Å². The smallest absolute Gasteiger partial charge is 0.0717 e. The summed E-state index contributed by atoms with van der Waals surface area (Å²) in [5.74, 6) is 0. The van der Waals surface area contributed by atoms with Crippen LogP contribution in [0.3, 0.4) is 0 Å². The summed E-state index contributed by atoms with van der Waals surface area (Å²) < 4.78 is 11.1. The molecule has 3 heteroatoms. The maximum absolute atomic E-state index is 5.71. The molecular weight excluding hydrogens is 202 g/mol. The second-order valence-electron chi connectivity index (χ2n) is 4.21. The summed E-state index contributed by atoms with van der Waals surface area (Å²) in [4.78, 5) is 2.30. The second kappa shape index (κ2) is 5.99. The van der Waals surface area contributed by atoms with Crippen molar-refractivity contribution < 1.29 is 9.47 Å². The fourth-order valence-corrected chi connectivity index (χ4v) is 1.80. The van der Waals surface area contributed by atoms with Gasteiger partial charge in [0.25, 0.3) is 0 Å². The van der Waals surface area contributed by atoms with E-state index in [4.69, 9.17) is 9.47 Å². The van der Waals surface area contributed by atoms with Crippen molar-refractivity contribution in [3.05, 3.63) is 35.9 Å². The van der Waals surface area contributed by atoms with E-state index in [-0.39, 0.29) is 0 Å². The number of likely N-dealkylation sites (N-methyl/N-ethyl adjacent to an activating group) is 1. The highest BCUT2D eigenvalue weighted by Crippen LogP contribution is 2.06. The van der Waals surface area contributed by atoms with Crippen molar-refractivity contribution in [3.63, 3.8) is 0 Å².